The molecule has 0 aromatic heterocycles. The molecule has 0 saturated heterocycles. The van der Waals surface area contributed by atoms with E-state index in [9.17, 15) is 4.79 Å². The molecular weight excluding hydrogens is 306 g/mol. The highest BCUT2D eigenvalue weighted by molar-refractivity contribution is 8.39. The van der Waals surface area contributed by atoms with Crippen LogP contribution < -0.4 is 0 Å². The highest BCUT2D eigenvalue weighted by atomic mass is 35.5. The van der Waals surface area contributed by atoms with Crippen LogP contribution in [-0.2, 0) is 0 Å². The summed E-state index contributed by atoms with van der Waals surface area (Å²) in [4.78, 5) is 10.5. The Hall–Kier alpha value is 1.53. The van der Waals surface area contributed by atoms with Crippen LogP contribution in [0.25, 0.3) is 0 Å². The van der Waals surface area contributed by atoms with E-state index in [-0.39, 0.29) is 9.82 Å². The summed E-state index contributed by atoms with van der Waals surface area (Å²) < 4.78 is -0.705. The van der Waals surface area contributed by atoms with Crippen LogP contribution in [0.3, 0.4) is 0 Å². The SMILES string of the molecule is CC[C@H](Cl)CSC(=O)S[C@@H](Cl)C(Cl)Cl. The van der Waals surface area contributed by atoms with Crippen LogP contribution in [0.1, 0.15) is 13.3 Å². The molecule has 0 aliphatic rings. The minimum Gasteiger partial charge on any atom is -0.274 e. The van der Waals surface area contributed by atoms with Gasteiger partial charge in [-0.25, -0.2) is 0 Å². The molecule has 0 heterocycles. The van der Waals surface area contributed by atoms with Gasteiger partial charge in [0.15, 0.2) is 0 Å². The van der Waals surface area contributed by atoms with E-state index >= 15 is 0 Å². The van der Waals surface area contributed by atoms with E-state index in [0.29, 0.717) is 5.75 Å². The van der Waals surface area contributed by atoms with Crippen molar-refractivity contribution in [3.05, 3.63) is 0 Å². The highest BCUT2D eigenvalue weighted by Gasteiger charge is 2.19. The van der Waals surface area contributed by atoms with Gasteiger partial charge < -0.3 is 0 Å². The summed E-state index contributed by atoms with van der Waals surface area (Å²) in [7, 11) is 0. The Kier molecular flexibility index (Phi) is 9.60. The molecule has 2 atom stereocenters. The number of hydrogen-bond acceptors (Lipinski definition) is 3. The Morgan fingerprint density at radius 3 is 2.29 bits per heavy atom. The lowest BCUT2D eigenvalue weighted by molar-refractivity contribution is 0.276. The number of rotatable bonds is 5. The molecule has 0 N–H and O–H groups in total. The first kappa shape index (κ1) is 15.5. The summed E-state index contributed by atoms with van der Waals surface area (Å²) in [6, 6.07) is 0. The van der Waals surface area contributed by atoms with Gasteiger partial charge >= 0.3 is 0 Å². The smallest absolute Gasteiger partial charge is 0.247 e. The maximum absolute atomic E-state index is 11.2. The van der Waals surface area contributed by atoms with Gasteiger partial charge in [0.2, 0.25) is 4.45 Å². The Labute approximate surface area is 113 Å². The molecule has 0 aliphatic carbocycles. The number of thioether (sulfide) groups is 2. The summed E-state index contributed by atoms with van der Waals surface area (Å²) in [6.45, 7) is 1.97. The van der Waals surface area contributed by atoms with E-state index in [4.69, 9.17) is 46.4 Å². The van der Waals surface area contributed by atoms with Crippen LogP contribution in [0.5, 0.6) is 0 Å². The largest absolute Gasteiger partial charge is 0.274 e. The van der Waals surface area contributed by atoms with E-state index in [2.05, 4.69) is 0 Å². The zero-order valence-corrected chi connectivity index (χ0v) is 12.0. The van der Waals surface area contributed by atoms with Gasteiger partial charge in [-0.1, -0.05) is 30.4 Å². The van der Waals surface area contributed by atoms with Crippen molar-refractivity contribution < 1.29 is 4.79 Å². The average molecular weight is 316 g/mol. The second kappa shape index (κ2) is 8.66. The first-order chi connectivity index (χ1) is 6.47. The van der Waals surface area contributed by atoms with E-state index < -0.39 is 9.55 Å². The molecule has 0 spiro atoms. The van der Waals surface area contributed by atoms with Crippen molar-refractivity contribution in [3.8, 4) is 0 Å². The molecule has 0 rings (SSSR count). The molecular formula is C7H10Cl4OS2. The van der Waals surface area contributed by atoms with E-state index in [1.54, 1.807) is 0 Å². The van der Waals surface area contributed by atoms with Gasteiger partial charge in [0, 0.05) is 11.1 Å². The number of halogens is 4. The summed E-state index contributed by atoms with van der Waals surface area (Å²) >= 11 is 24.6. The highest BCUT2D eigenvalue weighted by Crippen LogP contribution is 2.31. The fourth-order valence-electron chi connectivity index (χ4n) is 0.454. The molecule has 14 heavy (non-hydrogen) atoms. The molecule has 0 aliphatic heterocycles. The van der Waals surface area contributed by atoms with Crippen molar-refractivity contribution in [2.75, 3.05) is 5.75 Å². The predicted octanol–water partition coefficient (Wildman–Crippen LogP) is 4.96. The van der Waals surface area contributed by atoms with Crippen LogP contribution in [-0.4, -0.2) is 25.1 Å². The number of carbonyl (C=O) groups excluding carboxylic acids is 1. The van der Waals surface area contributed by atoms with Gasteiger partial charge in [-0.2, -0.15) is 0 Å². The lowest BCUT2D eigenvalue weighted by Crippen LogP contribution is -2.07. The van der Waals surface area contributed by atoms with Crippen molar-refractivity contribution in [1.82, 2.24) is 0 Å². The van der Waals surface area contributed by atoms with Gasteiger partial charge in [0.05, 0.1) is 0 Å². The zero-order chi connectivity index (χ0) is 11.1. The van der Waals surface area contributed by atoms with Gasteiger partial charge in [0.25, 0.3) is 0 Å². The molecule has 0 aromatic rings. The lowest BCUT2D eigenvalue weighted by atomic mass is 10.4. The molecule has 0 amide bonds. The molecule has 1 nitrogen and oxygen atoms in total. The summed E-state index contributed by atoms with van der Waals surface area (Å²) in [5.41, 5.74) is 0. The lowest BCUT2D eigenvalue weighted by Gasteiger charge is -2.08. The second-order valence-corrected chi connectivity index (χ2v) is 7.25. The third kappa shape index (κ3) is 7.77. The Morgan fingerprint density at radius 2 is 1.86 bits per heavy atom. The van der Waals surface area contributed by atoms with Crippen molar-refractivity contribution >= 4 is 74.4 Å². The van der Waals surface area contributed by atoms with E-state index in [1.165, 1.54) is 0 Å². The molecule has 0 fully saturated rings. The molecule has 0 aromatic carbocycles. The average Bonchev–Trinajstić information content (AvgIpc) is 2.13. The maximum atomic E-state index is 11.2. The minimum absolute atomic E-state index is 0.0149. The van der Waals surface area contributed by atoms with Crippen molar-refractivity contribution in [3.63, 3.8) is 0 Å². The van der Waals surface area contributed by atoms with Crippen LogP contribution in [0.15, 0.2) is 0 Å². The quantitative estimate of drug-likeness (QED) is 0.667. The first-order valence-electron chi connectivity index (χ1n) is 3.87. The summed E-state index contributed by atoms with van der Waals surface area (Å²) in [6.07, 6.45) is 0.838. The standard InChI is InChI=1S/C7H10Cl4OS2/c1-2-4(8)3-13-7(12)14-6(11)5(9)10/h4-6H,2-3H2,1H3/t4-,6+/m0/s1. The van der Waals surface area contributed by atoms with Crippen LogP contribution in [0.4, 0.5) is 4.79 Å². The minimum atomic E-state index is -0.746. The molecule has 84 valence electrons. The topological polar surface area (TPSA) is 17.1 Å². The van der Waals surface area contributed by atoms with Crippen LogP contribution >= 0.6 is 69.9 Å². The predicted molar refractivity (Wildman–Crippen MR) is 70.5 cm³/mol. The number of carbonyl (C=O) groups is 1. The van der Waals surface area contributed by atoms with Crippen molar-refractivity contribution in [2.24, 2.45) is 0 Å². The Bertz CT molecular complexity index is 179. The van der Waals surface area contributed by atoms with Gasteiger partial charge in [-0.05, 0) is 6.42 Å². The summed E-state index contributed by atoms with van der Waals surface area (Å²) in [5.74, 6) is 0.586. The van der Waals surface area contributed by atoms with Crippen molar-refractivity contribution in [1.29, 1.82) is 0 Å². The molecule has 7 heteroatoms. The van der Waals surface area contributed by atoms with Crippen molar-refractivity contribution in [2.45, 2.75) is 28.3 Å². The molecule has 0 saturated carbocycles. The second-order valence-electron chi connectivity index (χ2n) is 2.37. The molecule has 0 radical (unpaired) electrons. The maximum Gasteiger partial charge on any atom is 0.247 e. The normalized spacial score (nSPS) is 15.6. The van der Waals surface area contributed by atoms with Gasteiger partial charge in [-0.15, -0.1) is 46.4 Å². The molecule has 0 bridgehead atoms. The first-order valence-corrected chi connectivity index (χ1v) is 7.48. The third-order valence-electron chi connectivity index (χ3n) is 1.23. The zero-order valence-electron chi connectivity index (χ0n) is 7.38. The van der Waals surface area contributed by atoms with Gasteiger partial charge in [0.1, 0.15) is 9.55 Å². The fraction of sp³-hybridized carbons (Fsp3) is 0.857. The fourth-order valence-corrected chi connectivity index (χ4v) is 2.98. The van der Waals surface area contributed by atoms with Crippen LogP contribution in [0.2, 0.25) is 0 Å². The monoisotopic (exact) mass is 314 g/mol. The summed E-state index contributed by atoms with van der Waals surface area (Å²) in [5, 5.41) is 0.0149. The Morgan fingerprint density at radius 1 is 1.29 bits per heavy atom. The number of alkyl halides is 4. The van der Waals surface area contributed by atoms with E-state index in [1.807, 2.05) is 6.92 Å². The van der Waals surface area contributed by atoms with Crippen LogP contribution in [0, 0.1) is 0 Å². The third-order valence-corrected chi connectivity index (χ3v) is 5.59. The number of hydrogen-bond donors (Lipinski definition) is 0. The molecule has 0 unspecified atom stereocenters. The van der Waals surface area contributed by atoms with Gasteiger partial charge in [-0.3, -0.25) is 4.79 Å². The van der Waals surface area contributed by atoms with E-state index in [0.717, 1.165) is 29.9 Å². The Balaban J connectivity index is 3.65.